The Balaban J connectivity index is 2.69. The molecular weight excluding hydrogens is 342 g/mol. The van der Waals surface area contributed by atoms with E-state index in [1.54, 1.807) is 6.07 Å². The molecule has 7 heteroatoms. The molecule has 0 fully saturated rings. The molecular formula is C13H16BrF4NO. The highest BCUT2D eigenvalue weighted by Crippen LogP contribution is 2.22. The third-order valence-electron chi connectivity index (χ3n) is 2.54. The predicted molar refractivity (Wildman–Crippen MR) is 72.0 cm³/mol. The molecule has 1 N–H and O–H groups in total. The molecule has 0 saturated heterocycles. The van der Waals surface area contributed by atoms with Gasteiger partial charge in [0.25, 0.3) is 0 Å². The van der Waals surface area contributed by atoms with Gasteiger partial charge in [0, 0.05) is 0 Å². The van der Waals surface area contributed by atoms with Crippen LogP contribution >= 0.6 is 15.9 Å². The van der Waals surface area contributed by atoms with Crippen molar-refractivity contribution < 1.29 is 22.3 Å². The first-order valence-corrected chi connectivity index (χ1v) is 6.95. The second-order valence-corrected chi connectivity index (χ2v) is 5.16. The zero-order chi connectivity index (χ0) is 15.2. The molecule has 1 rings (SSSR count). The molecule has 1 unspecified atom stereocenters. The minimum absolute atomic E-state index is 0.127. The minimum atomic E-state index is -4.35. The van der Waals surface area contributed by atoms with Gasteiger partial charge in [0.2, 0.25) is 0 Å². The lowest BCUT2D eigenvalue weighted by Gasteiger charge is -2.20. The van der Waals surface area contributed by atoms with Gasteiger partial charge in [-0.3, -0.25) is 0 Å². The molecule has 0 amide bonds. The fourth-order valence-corrected chi connectivity index (χ4v) is 2.01. The average Bonchev–Trinajstić information content (AvgIpc) is 2.35. The Hall–Kier alpha value is -0.660. The van der Waals surface area contributed by atoms with E-state index in [1.807, 2.05) is 6.92 Å². The van der Waals surface area contributed by atoms with Gasteiger partial charge in [-0.05, 0) is 46.6 Å². The van der Waals surface area contributed by atoms with Gasteiger partial charge in [-0.1, -0.05) is 13.0 Å². The number of hydrogen-bond donors (Lipinski definition) is 1. The lowest BCUT2D eigenvalue weighted by molar-refractivity contribution is -0.175. The van der Waals surface area contributed by atoms with Gasteiger partial charge in [-0.25, -0.2) is 4.39 Å². The Kier molecular flexibility index (Phi) is 6.91. The zero-order valence-corrected chi connectivity index (χ0v) is 12.5. The standard InChI is InChI=1S/C13H16BrF4NO/c1-2-5-19-12(7-20-8-13(16,17)18)9-3-4-11(15)10(14)6-9/h3-4,6,12,19H,2,5,7-8H2,1H3. The predicted octanol–water partition coefficient (Wildman–Crippen LogP) is 4.21. The molecule has 0 radical (unpaired) electrons. The van der Waals surface area contributed by atoms with Crippen LogP contribution in [0.2, 0.25) is 0 Å². The lowest BCUT2D eigenvalue weighted by atomic mass is 10.1. The highest BCUT2D eigenvalue weighted by atomic mass is 79.9. The van der Waals surface area contributed by atoms with E-state index in [0.29, 0.717) is 12.1 Å². The van der Waals surface area contributed by atoms with Crippen molar-refractivity contribution in [2.24, 2.45) is 0 Å². The lowest BCUT2D eigenvalue weighted by Crippen LogP contribution is -2.28. The average molecular weight is 358 g/mol. The summed E-state index contributed by atoms with van der Waals surface area (Å²) in [5.74, 6) is -0.417. The van der Waals surface area contributed by atoms with E-state index in [9.17, 15) is 17.6 Å². The van der Waals surface area contributed by atoms with Crippen molar-refractivity contribution >= 4 is 15.9 Å². The molecule has 0 heterocycles. The van der Waals surface area contributed by atoms with Gasteiger partial charge in [0.1, 0.15) is 12.4 Å². The molecule has 1 atom stereocenters. The van der Waals surface area contributed by atoms with Gasteiger partial charge in [0.05, 0.1) is 17.1 Å². The summed E-state index contributed by atoms with van der Waals surface area (Å²) >= 11 is 3.06. The van der Waals surface area contributed by atoms with Crippen LogP contribution in [-0.2, 0) is 4.74 Å². The van der Waals surface area contributed by atoms with Crippen molar-refractivity contribution in [1.29, 1.82) is 0 Å². The molecule has 20 heavy (non-hydrogen) atoms. The Morgan fingerprint density at radius 1 is 1.35 bits per heavy atom. The molecule has 0 bridgehead atoms. The van der Waals surface area contributed by atoms with E-state index < -0.39 is 24.6 Å². The number of alkyl halides is 3. The van der Waals surface area contributed by atoms with Crippen molar-refractivity contribution in [1.82, 2.24) is 5.32 Å². The Labute approximate surface area is 123 Å². The van der Waals surface area contributed by atoms with Gasteiger partial charge < -0.3 is 10.1 Å². The minimum Gasteiger partial charge on any atom is -0.370 e. The second kappa shape index (κ2) is 7.95. The molecule has 0 spiro atoms. The molecule has 0 aromatic heterocycles. The van der Waals surface area contributed by atoms with Crippen molar-refractivity contribution in [3.63, 3.8) is 0 Å². The van der Waals surface area contributed by atoms with Gasteiger partial charge in [-0.15, -0.1) is 0 Å². The number of rotatable bonds is 7. The number of nitrogens with one attached hydrogen (secondary N) is 1. The third kappa shape index (κ3) is 6.19. The summed E-state index contributed by atoms with van der Waals surface area (Å²) in [6.07, 6.45) is -3.52. The fourth-order valence-electron chi connectivity index (χ4n) is 1.61. The van der Waals surface area contributed by atoms with Crippen LogP contribution in [0.1, 0.15) is 24.9 Å². The summed E-state index contributed by atoms with van der Waals surface area (Å²) in [6.45, 7) is 1.16. The van der Waals surface area contributed by atoms with Crippen LogP contribution in [0.15, 0.2) is 22.7 Å². The quantitative estimate of drug-likeness (QED) is 0.738. The zero-order valence-electron chi connectivity index (χ0n) is 10.9. The second-order valence-electron chi connectivity index (χ2n) is 4.31. The Bertz CT molecular complexity index is 425. The van der Waals surface area contributed by atoms with Crippen LogP contribution in [0.3, 0.4) is 0 Å². The molecule has 1 aromatic rings. The van der Waals surface area contributed by atoms with E-state index in [-0.39, 0.29) is 11.1 Å². The van der Waals surface area contributed by atoms with E-state index >= 15 is 0 Å². The van der Waals surface area contributed by atoms with Crippen LogP contribution in [-0.4, -0.2) is 25.9 Å². The molecule has 1 aromatic carbocycles. The smallest absolute Gasteiger partial charge is 0.370 e. The van der Waals surface area contributed by atoms with Gasteiger partial charge in [0.15, 0.2) is 0 Å². The van der Waals surface area contributed by atoms with E-state index in [2.05, 4.69) is 26.0 Å². The van der Waals surface area contributed by atoms with Crippen molar-refractivity contribution in [3.8, 4) is 0 Å². The Morgan fingerprint density at radius 3 is 2.60 bits per heavy atom. The maximum Gasteiger partial charge on any atom is 0.411 e. The van der Waals surface area contributed by atoms with Crippen LogP contribution in [0, 0.1) is 5.82 Å². The van der Waals surface area contributed by atoms with E-state index in [1.165, 1.54) is 12.1 Å². The Morgan fingerprint density at radius 2 is 2.05 bits per heavy atom. The van der Waals surface area contributed by atoms with Crippen LogP contribution in [0.5, 0.6) is 0 Å². The van der Waals surface area contributed by atoms with Crippen LogP contribution < -0.4 is 5.32 Å². The van der Waals surface area contributed by atoms with E-state index in [0.717, 1.165) is 6.42 Å². The van der Waals surface area contributed by atoms with E-state index in [4.69, 9.17) is 0 Å². The maximum atomic E-state index is 13.2. The molecule has 2 nitrogen and oxygen atoms in total. The third-order valence-corrected chi connectivity index (χ3v) is 3.14. The van der Waals surface area contributed by atoms with Crippen LogP contribution in [0.25, 0.3) is 0 Å². The first-order valence-electron chi connectivity index (χ1n) is 6.16. The summed E-state index contributed by atoms with van der Waals surface area (Å²) in [4.78, 5) is 0. The van der Waals surface area contributed by atoms with Crippen molar-refractivity contribution in [2.45, 2.75) is 25.6 Å². The highest BCUT2D eigenvalue weighted by Gasteiger charge is 2.28. The molecule has 114 valence electrons. The molecule has 0 saturated carbocycles. The first-order chi connectivity index (χ1) is 9.33. The number of ether oxygens (including phenoxy) is 1. The number of hydrogen-bond acceptors (Lipinski definition) is 2. The maximum absolute atomic E-state index is 13.2. The summed E-state index contributed by atoms with van der Waals surface area (Å²) in [5, 5.41) is 3.08. The number of benzene rings is 1. The molecule has 0 aliphatic heterocycles. The summed E-state index contributed by atoms with van der Waals surface area (Å²) in [7, 11) is 0. The van der Waals surface area contributed by atoms with Gasteiger partial charge >= 0.3 is 6.18 Å². The largest absolute Gasteiger partial charge is 0.411 e. The molecule has 0 aliphatic rings. The SMILES string of the molecule is CCCNC(COCC(F)(F)F)c1ccc(F)c(Br)c1. The van der Waals surface area contributed by atoms with Crippen molar-refractivity contribution in [2.75, 3.05) is 19.8 Å². The first kappa shape index (κ1) is 17.4. The van der Waals surface area contributed by atoms with Crippen molar-refractivity contribution in [3.05, 3.63) is 34.1 Å². The summed E-state index contributed by atoms with van der Waals surface area (Å²) < 4.78 is 54.4. The fraction of sp³-hybridized carbons (Fsp3) is 0.538. The normalized spacial score (nSPS) is 13.5. The van der Waals surface area contributed by atoms with Gasteiger partial charge in [-0.2, -0.15) is 13.2 Å². The monoisotopic (exact) mass is 357 g/mol. The van der Waals surface area contributed by atoms with Crippen LogP contribution in [0.4, 0.5) is 17.6 Å². The summed E-state index contributed by atoms with van der Waals surface area (Å²) in [6, 6.07) is 3.93. The topological polar surface area (TPSA) is 21.3 Å². The number of halogens is 5. The highest BCUT2D eigenvalue weighted by molar-refractivity contribution is 9.10. The summed E-state index contributed by atoms with van der Waals surface area (Å²) in [5.41, 5.74) is 0.675. The molecule has 0 aliphatic carbocycles.